The van der Waals surface area contributed by atoms with Gasteiger partial charge in [0.25, 0.3) is 0 Å². The maximum Gasteiger partial charge on any atom is 0.0674 e. The summed E-state index contributed by atoms with van der Waals surface area (Å²) in [5.41, 5.74) is 8.38. The van der Waals surface area contributed by atoms with Crippen molar-refractivity contribution in [3.05, 3.63) is 35.4 Å². The minimum absolute atomic E-state index is 0.0494. The molecule has 100 valence electrons. The first-order chi connectivity index (χ1) is 8.57. The molecular weight excluding hydrogens is 222 g/mol. The molecule has 0 aromatic heterocycles. The molecule has 1 saturated carbocycles. The number of hydrogen-bond donors (Lipinski definition) is 2. The lowest BCUT2D eigenvalue weighted by Crippen LogP contribution is -2.38. The Kier molecular flexibility index (Phi) is 4.08. The molecule has 0 amide bonds. The van der Waals surface area contributed by atoms with Crippen molar-refractivity contribution in [1.82, 2.24) is 0 Å². The van der Waals surface area contributed by atoms with Crippen molar-refractivity contribution in [3.8, 4) is 0 Å². The fourth-order valence-electron chi connectivity index (χ4n) is 3.31. The molecule has 2 unspecified atom stereocenters. The molecule has 3 N–H and O–H groups in total. The van der Waals surface area contributed by atoms with Gasteiger partial charge in [0.1, 0.15) is 0 Å². The van der Waals surface area contributed by atoms with Gasteiger partial charge in [-0.15, -0.1) is 0 Å². The van der Waals surface area contributed by atoms with Crippen LogP contribution in [0.1, 0.15) is 49.7 Å². The van der Waals surface area contributed by atoms with Crippen molar-refractivity contribution < 1.29 is 5.11 Å². The molecule has 2 rings (SSSR count). The quantitative estimate of drug-likeness (QED) is 0.859. The van der Waals surface area contributed by atoms with Crippen LogP contribution in [0.15, 0.2) is 24.3 Å². The van der Waals surface area contributed by atoms with Crippen LogP contribution in [0.2, 0.25) is 0 Å². The molecule has 0 aliphatic heterocycles. The van der Waals surface area contributed by atoms with Gasteiger partial charge >= 0.3 is 0 Å². The lowest BCUT2D eigenvalue weighted by molar-refractivity contribution is 0.0213. The maximum absolute atomic E-state index is 10.7. The van der Waals surface area contributed by atoms with Crippen LogP contribution in [0.4, 0.5) is 0 Å². The average Bonchev–Trinajstić information content (AvgIpc) is 2.78. The molecule has 18 heavy (non-hydrogen) atoms. The topological polar surface area (TPSA) is 46.2 Å². The van der Waals surface area contributed by atoms with E-state index in [4.69, 9.17) is 5.73 Å². The van der Waals surface area contributed by atoms with E-state index in [9.17, 15) is 5.11 Å². The zero-order valence-electron chi connectivity index (χ0n) is 11.5. The van der Waals surface area contributed by atoms with Crippen LogP contribution < -0.4 is 5.73 Å². The van der Waals surface area contributed by atoms with E-state index >= 15 is 0 Å². The normalized spacial score (nSPS) is 21.8. The molecule has 0 saturated heterocycles. The van der Waals surface area contributed by atoms with Gasteiger partial charge in [-0.05, 0) is 30.7 Å². The van der Waals surface area contributed by atoms with Crippen LogP contribution in [0.5, 0.6) is 0 Å². The number of rotatable bonds is 4. The van der Waals surface area contributed by atoms with Gasteiger partial charge in [-0.1, -0.05) is 49.6 Å². The van der Waals surface area contributed by atoms with Crippen molar-refractivity contribution in [2.75, 3.05) is 6.54 Å². The van der Waals surface area contributed by atoms with E-state index in [1.165, 1.54) is 24.0 Å². The van der Waals surface area contributed by atoms with E-state index in [-0.39, 0.29) is 17.4 Å². The molecule has 2 atom stereocenters. The first kappa shape index (κ1) is 13.6. The average molecular weight is 247 g/mol. The molecule has 1 fully saturated rings. The first-order valence-corrected chi connectivity index (χ1v) is 7.01. The van der Waals surface area contributed by atoms with Gasteiger partial charge < -0.3 is 10.8 Å². The third kappa shape index (κ3) is 2.60. The lowest BCUT2D eigenvalue weighted by atomic mass is 9.74. The van der Waals surface area contributed by atoms with E-state index in [1.807, 2.05) is 0 Å². The van der Waals surface area contributed by atoms with Gasteiger partial charge in [0.15, 0.2) is 0 Å². The van der Waals surface area contributed by atoms with Crippen molar-refractivity contribution in [3.63, 3.8) is 0 Å². The summed E-state index contributed by atoms with van der Waals surface area (Å²) in [6.07, 6.45) is 4.39. The van der Waals surface area contributed by atoms with Gasteiger partial charge in [-0.2, -0.15) is 0 Å². The minimum Gasteiger partial charge on any atom is -0.392 e. The molecule has 0 spiro atoms. The Hall–Kier alpha value is -0.860. The fraction of sp³-hybridized carbons (Fsp3) is 0.625. The van der Waals surface area contributed by atoms with Gasteiger partial charge in [-0.25, -0.2) is 0 Å². The monoisotopic (exact) mass is 247 g/mol. The van der Waals surface area contributed by atoms with E-state index in [0.717, 1.165) is 12.8 Å². The summed E-state index contributed by atoms with van der Waals surface area (Å²) in [6.45, 7) is 4.81. The van der Waals surface area contributed by atoms with Crippen LogP contribution in [-0.2, 0) is 0 Å². The van der Waals surface area contributed by atoms with E-state index in [0.29, 0.717) is 6.54 Å². The van der Waals surface area contributed by atoms with E-state index < -0.39 is 0 Å². The first-order valence-electron chi connectivity index (χ1n) is 7.01. The SMILES string of the molecule is Cc1cccc(C(CN)C(O)C2(C)CCCC2)c1. The fourth-order valence-corrected chi connectivity index (χ4v) is 3.31. The predicted octanol–water partition coefficient (Wildman–Crippen LogP) is 2.98. The third-order valence-corrected chi connectivity index (χ3v) is 4.57. The molecule has 1 aliphatic rings. The van der Waals surface area contributed by atoms with Gasteiger partial charge in [0.05, 0.1) is 6.10 Å². The Labute approximate surface area is 110 Å². The highest BCUT2D eigenvalue weighted by Gasteiger charge is 2.40. The number of hydrogen-bond acceptors (Lipinski definition) is 2. The summed E-state index contributed by atoms with van der Waals surface area (Å²) >= 11 is 0. The molecular formula is C16H25NO. The van der Waals surface area contributed by atoms with Crippen molar-refractivity contribution in [1.29, 1.82) is 0 Å². The minimum atomic E-state index is -0.327. The van der Waals surface area contributed by atoms with E-state index in [1.54, 1.807) is 0 Å². The number of benzene rings is 1. The zero-order valence-corrected chi connectivity index (χ0v) is 11.5. The smallest absolute Gasteiger partial charge is 0.0674 e. The molecule has 0 bridgehead atoms. The van der Waals surface area contributed by atoms with Gasteiger partial charge in [-0.3, -0.25) is 0 Å². The van der Waals surface area contributed by atoms with Crippen LogP contribution in [0.25, 0.3) is 0 Å². The molecule has 2 heteroatoms. The highest BCUT2D eigenvalue weighted by molar-refractivity contribution is 5.27. The molecule has 0 heterocycles. The maximum atomic E-state index is 10.7. The van der Waals surface area contributed by atoms with Crippen molar-refractivity contribution in [2.45, 2.75) is 51.6 Å². The molecule has 1 aromatic rings. The molecule has 2 nitrogen and oxygen atoms in total. The number of aliphatic hydroxyl groups excluding tert-OH is 1. The largest absolute Gasteiger partial charge is 0.392 e. The second-order valence-electron chi connectivity index (χ2n) is 6.06. The highest BCUT2D eigenvalue weighted by Crippen LogP contribution is 2.44. The summed E-state index contributed by atoms with van der Waals surface area (Å²) in [5.74, 6) is 0.0630. The lowest BCUT2D eigenvalue weighted by Gasteiger charge is -2.35. The van der Waals surface area contributed by atoms with E-state index in [2.05, 4.69) is 38.1 Å². The molecule has 1 aliphatic carbocycles. The Morgan fingerprint density at radius 3 is 2.56 bits per heavy atom. The van der Waals surface area contributed by atoms with Crippen molar-refractivity contribution >= 4 is 0 Å². The second kappa shape index (κ2) is 5.41. The second-order valence-corrected chi connectivity index (χ2v) is 6.06. The molecule has 1 aromatic carbocycles. The highest BCUT2D eigenvalue weighted by atomic mass is 16.3. The van der Waals surface area contributed by atoms with Crippen molar-refractivity contribution in [2.24, 2.45) is 11.1 Å². The Bertz CT molecular complexity index is 396. The summed E-state index contributed by atoms with van der Waals surface area (Å²) in [4.78, 5) is 0. The molecule has 0 radical (unpaired) electrons. The zero-order chi connectivity index (χ0) is 13.2. The summed E-state index contributed by atoms with van der Waals surface area (Å²) in [7, 11) is 0. The summed E-state index contributed by atoms with van der Waals surface area (Å²) < 4.78 is 0. The van der Waals surface area contributed by atoms with Crippen LogP contribution in [0.3, 0.4) is 0 Å². The number of nitrogens with two attached hydrogens (primary N) is 1. The standard InChI is InChI=1S/C16H25NO/c1-12-6-5-7-13(10-12)14(11-17)15(18)16(2)8-3-4-9-16/h5-7,10,14-15,18H,3-4,8-9,11,17H2,1-2H3. The summed E-state index contributed by atoms with van der Waals surface area (Å²) in [5, 5.41) is 10.7. The summed E-state index contributed by atoms with van der Waals surface area (Å²) in [6, 6.07) is 8.38. The third-order valence-electron chi connectivity index (χ3n) is 4.57. The number of aliphatic hydroxyl groups is 1. The number of aryl methyl sites for hydroxylation is 1. The predicted molar refractivity (Wildman–Crippen MR) is 75.6 cm³/mol. The Balaban J connectivity index is 2.22. The Morgan fingerprint density at radius 2 is 2.00 bits per heavy atom. The van der Waals surface area contributed by atoms with Gasteiger partial charge in [0.2, 0.25) is 0 Å². The van der Waals surface area contributed by atoms with Gasteiger partial charge in [0, 0.05) is 12.5 Å². The van der Waals surface area contributed by atoms with Crippen LogP contribution in [0, 0.1) is 12.3 Å². The Morgan fingerprint density at radius 1 is 1.33 bits per heavy atom. The van der Waals surface area contributed by atoms with Crippen LogP contribution >= 0.6 is 0 Å². The van der Waals surface area contributed by atoms with Crippen LogP contribution in [-0.4, -0.2) is 17.8 Å².